The van der Waals surface area contributed by atoms with E-state index in [0.29, 0.717) is 11.7 Å². The predicted octanol–water partition coefficient (Wildman–Crippen LogP) is 1.90. The maximum atomic E-state index is 11.2. The van der Waals surface area contributed by atoms with Crippen LogP contribution in [-0.2, 0) is 9.59 Å². The molecule has 0 bridgehead atoms. The maximum Gasteiger partial charge on any atom is 0.335 e. The molecule has 0 saturated heterocycles. The minimum atomic E-state index is -0.778. The first-order valence-corrected chi connectivity index (χ1v) is 6.09. The second-order valence-corrected chi connectivity index (χ2v) is 4.76. The standard InChI is InChI=1S/C12H17N3O2/c1-15(8-9-5-3-2-4-6-9)11-7-10(16)12(17)14-13-11/h7,9H,2-6,8H2,1H3. The number of amides is 1. The Kier molecular flexibility index (Phi) is 3.66. The summed E-state index contributed by atoms with van der Waals surface area (Å²) >= 11 is 0. The fraction of sp³-hybridized carbons (Fsp3) is 0.667. The molecule has 1 heterocycles. The summed E-state index contributed by atoms with van der Waals surface area (Å²) in [7, 11) is 1.89. The summed E-state index contributed by atoms with van der Waals surface area (Å²) in [6.45, 7) is 0.881. The Labute approximate surface area is 101 Å². The molecule has 1 aliphatic carbocycles. The first-order chi connectivity index (χ1) is 8.16. The Morgan fingerprint density at radius 3 is 2.59 bits per heavy atom. The van der Waals surface area contributed by atoms with E-state index in [1.807, 2.05) is 11.9 Å². The van der Waals surface area contributed by atoms with Gasteiger partial charge in [0.05, 0.1) is 0 Å². The lowest BCUT2D eigenvalue weighted by molar-refractivity contribution is -0.133. The molecule has 0 radical (unpaired) electrons. The highest BCUT2D eigenvalue weighted by Gasteiger charge is 2.21. The molecule has 2 rings (SSSR count). The lowest BCUT2D eigenvalue weighted by atomic mass is 9.89. The average Bonchev–Trinajstić information content (AvgIpc) is 2.34. The van der Waals surface area contributed by atoms with Crippen molar-refractivity contribution in [3.8, 4) is 0 Å². The van der Waals surface area contributed by atoms with Gasteiger partial charge >= 0.3 is 5.91 Å². The van der Waals surface area contributed by atoms with Crippen molar-refractivity contribution in [2.75, 3.05) is 13.6 Å². The molecule has 5 nitrogen and oxygen atoms in total. The van der Waals surface area contributed by atoms with Gasteiger partial charge in [0, 0.05) is 19.7 Å². The molecule has 0 N–H and O–H groups in total. The van der Waals surface area contributed by atoms with E-state index >= 15 is 0 Å². The van der Waals surface area contributed by atoms with Crippen molar-refractivity contribution in [1.29, 1.82) is 0 Å². The molecule has 1 aliphatic heterocycles. The summed E-state index contributed by atoms with van der Waals surface area (Å²) in [5, 5.41) is 7.10. The summed E-state index contributed by atoms with van der Waals surface area (Å²) in [5.74, 6) is -0.192. The van der Waals surface area contributed by atoms with Gasteiger partial charge in [-0.3, -0.25) is 9.59 Å². The van der Waals surface area contributed by atoms with Crippen molar-refractivity contribution in [2.45, 2.75) is 32.1 Å². The number of nitrogens with zero attached hydrogens (tertiary/aromatic N) is 3. The molecule has 17 heavy (non-hydrogen) atoms. The number of carbonyl (C=O) groups excluding carboxylic acids is 2. The SMILES string of the molecule is CN(CC1CCCCC1)C1=CC(=O)C(=O)N=N1. The van der Waals surface area contributed by atoms with Crippen LogP contribution < -0.4 is 0 Å². The molecule has 1 saturated carbocycles. The van der Waals surface area contributed by atoms with Gasteiger partial charge < -0.3 is 4.90 Å². The van der Waals surface area contributed by atoms with Gasteiger partial charge in [0.15, 0.2) is 5.82 Å². The summed E-state index contributed by atoms with van der Waals surface area (Å²) in [5.41, 5.74) is 0. The van der Waals surface area contributed by atoms with E-state index in [2.05, 4.69) is 10.2 Å². The van der Waals surface area contributed by atoms with Crippen LogP contribution in [-0.4, -0.2) is 30.2 Å². The molecule has 1 fully saturated rings. The van der Waals surface area contributed by atoms with Gasteiger partial charge in [-0.25, -0.2) is 0 Å². The Morgan fingerprint density at radius 2 is 1.94 bits per heavy atom. The van der Waals surface area contributed by atoms with Gasteiger partial charge in [-0.05, 0) is 18.8 Å². The molecular weight excluding hydrogens is 218 g/mol. The van der Waals surface area contributed by atoms with Gasteiger partial charge in [0.1, 0.15) is 0 Å². The zero-order valence-electron chi connectivity index (χ0n) is 10.1. The number of rotatable bonds is 3. The first kappa shape index (κ1) is 12.0. The van der Waals surface area contributed by atoms with Crippen molar-refractivity contribution in [3.63, 3.8) is 0 Å². The molecule has 5 heteroatoms. The second kappa shape index (κ2) is 5.21. The molecule has 0 aromatic rings. The molecule has 0 aromatic carbocycles. The molecule has 92 valence electrons. The minimum absolute atomic E-state index is 0.500. The van der Waals surface area contributed by atoms with Gasteiger partial charge in [-0.15, -0.1) is 10.2 Å². The number of ketones is 1. The summed E-state index contributed by atoms with van der Waals surface area (Å²) in [6, 6.07) is 0. The highest BCUT2D eigenvalue weighted by atomic mass is 16.2. The zero-order chi connectivity index (χ0) is 12.3. The lowest BCUT2D eigenvalue weighted by Crippen LogP contribution is -2.28. The normalized spacial score (nSPS) is 21.6. The van der Waals surface area contributed by atoms with Gasteiger partial charge in [-0.1, -0.05) is 19.3 Å². The van der Waals surface area contributed by atoms with Crippen LogP contribution in [0.25, 0.3) is 0 Å². The van der Waals surface area contributed by atoms with Gasteiger partial charge in [-0.2, -0.15) is 0 Å². The van der Waals surface area contributed by atoms with E-state index in [1.54, 1.807) is 0 Å². The fourth-order valence-corrected chi connectivity index (χ4v) is 2.39. The van der Waals surface area contributed by atoms with Crippen LogP contribution in [0.15, 0.2) is 22.1 Å². The van der Waals surface area contributed by atoms with Crippen molar-refractivity contribution >= 4 is 11.7 Å². The molecular formula is C12H17N3O2. The lowest BCUT2D eigenvalue weighted by Gasteiger charge is -2.28. The first-order valence-electron chi connectivity index (χ1n) is 6.09. The summed E-state index contributed by atoms with van der Waals surface area (Å²) in [6.07, 6.45) is 7.66. The van der Waals surface area contributed by atoms with Crippen LogP contribution in [0.4, 0.5) is 0 Å². The third-order valence-electron chi connectivity index (χ3n) is 3.36. The summed E-state index contributed by atoms with van der Waals surface area (Å²) in [4.78, 5) is 24.0. The number of hydrogen-bond acceptors (Lipinski definition) is 4. The Morgan fingerprint density at radius 1 is 1.24 bits per heavy atom. The van der Waals surface area contributed by atoms with E-state index < -0.39 is 11.7 Å². The van der Waals surface area contributed by atoms with Crippen LogP contribution in [0.3, 0.4) is 0 Å². The van der Waals surface area contributed by atoms with Crippen molar-refractivity contribution in [2.24, 2.45) is 16.1 Å². The topological polar surface area (TPSA) is 62.1 Å². The van der Waals surface area contributed by atoms with Crippen LogP contribution >= 0.6 is 0 Å². The molecule has 0 spiro atoms. The van der Waals surface area contributed by atoms with E-state index in [1.165, 1.54) is 38.2 Å². The monoisotopic (exact) mass is 235 g/mol. The third kappa shape index (κ3) is 2.99. The largest absolute Gasteiger partial charge is 0.358 e. The van der Waals surface area contributed by atoms with E-state index in [9.17, 15) is 9.59 Å². The van der Waals surface area contributed by atoms with Crippen molar-refractivity contribution < 1.29 is 9.59 Å². The van der Waals surface area contributed by atoms with E-state index in [-0.39, 0.29) is 0 Å². The quantitative estimate of drug-likeness (QED) is 0.702. The van der Waals surface area contributed by atoms with Gasteiger partial charge in [0.2, 0.25) is 0 Å². The summed E-state index contributed by atoms with van der Waals surface area (Å²) < 4.78 is 0. The van der Waals surface area contributed by atoms with E-state index in [0.717, 1.165) is 6.54 Å². The maximum absolute atomic E-state index is 11.2. The second-order valence-electron chi connectivity index (χ2n) is 4.76. The van der Waals surface area contributed by atoms with Crippen molar-refractivity contribution in [3.05, 3.63) is 11.9 Å². The van der Waals surface area contributed by atoms with Crippen LogP contribution in [0.1, 0.15) is 32.1 Å². The zero-order valence-corrected chi connectivity index (χ0v) is 10.1. The Balaban J connectivity index is 1.93. The highest BCUT2D eigenvalue weighted by Crippen LogP contribution is 2.25. The molecule has 0 atom stereocenters. The minimum Gasteiger partial charge on any atom is -0.358 e. The third-order valence-corrected chi connectivity index (χ3v) is 3.36. The molecule has 2 aliphatic rings. The molecule has 1 amide bonds. The Hall–Kier alpha value is -1.52. The fourth-order valence-electron chi connectivity index (χ4n) is 2.39. The van der Waals surface area contributed by atoms with Crippen LogP contribution in [0, 0.1) is 5.92 Å². The predicted molar refractivity (Wildman–Crippen MR) is 62.2 cm³/mol. The van der Waals surface area contributed by atoms with Crippen molar-refractivity contribution in [1.82, 2.24) is 4.90 Å². The number of azo groups is 1. The van der Waals surface area contributed by atoms with E-state index in [4.69, 9.17) is 0 Å². The Bertz CT molecular complexity index is 381. The molecule has 0 unspecified atom stereocenters. The number of carbonyl (C=O) groups is 2. The molecule has 0 aromatic heterocycles. The number of hydrogen-bond donors (Lipinski definition) is 0. The van der Waals surface area contributed by atoms with Gasteiger partial charge in [0.25, 0.3) is 5.78 Å². The van der Waals surface area contributed by atoms with Crippen LogP contribution in [0.5, 0.6) is 0 Å². The van der Waals surface area contributed by atoms with Crippen LogP contribution in [0.2, 0.25) is 0 Å². The smallest absolute Gasteiger partial charge is 0.335 e. The highest BCUT2D eigenvalue weighted by molar-refractivity contribution is 6.41. The average molecular weight is 235 g/mol.